The van der Waals surface area contributed by atoms with E-state index in [0.717, 1.165) is 5.69 Å². The minimum absolute atomic E-state index is 0.0166. The normalized spacial score (nSPS) is 20.1. The molecular formula is C8H9ClN2O2S. The van der Waals surface area contributed by atoms with Gasteiger partial charge in [-0.3, -0.25) is 0 Å². The molecule has 4 nitrogen and oxygen atoms in total. The average Bonchev–Trinajstić information content (AvgIpc) is 2.06. The molecule has 0 aromatic carbocycles. The molecule has 2 rings (SSSR count). The molecule has 0 bridgehead atoms. The van der Waals surface area contributed by atoms with Crippen LogP contribution in [-0.4, -0.2) is 30.9 Å². The SMILES string of the molecule is O=S1(=O)CC(Nc2ccc(Cl)nc2)C1. The van der Waals surface area contributed by atoms with Gasteiger partial charge in [-0.05, 0) is 12.1 Å². The van der Waals surface area contributed by atoms with E-state index in [9.17, 15) is 8.42 Å². The van der Waals surface area contributed by atoms with Crippen LogP contribution in [-0.2, 0) is 9.84 Å². The molecule has 1 aliphatic rings. The van der Waals surface area contributed by atoms with Gasteiger partial charge in [-0.2, -0.15) is 0 Å². The monoisotopic (exact) mass is 232 g/mol. The van der Waals surface area contributed by atoms with E-state index < -0.39 is 9.84 Å². The summed E-state index contributed by atoms with van der Waals surface area (Å²) in [6.07, 6.45) is 1.59. The van der Waals surface area contributed by atoms with Crippen LogP contribution < -0.4 is 5.32 Å². The fourth-order valence-corrected chi connectivity index (χ4v) is 2.75. The van der Waals surface area contributed by atoms with Gasteiger partial charge in [-0.25, -0.2) is 13.4 Å². The Morgan fingerprint density at radius 1 is 1.43 bits per heavy atom. The van der Waals surface area contributed by atoms with Crippen LogP contribution in [0.4, 0.5) is 5.69 Å². The Labute approximate surface area is 87.2 Å². The highest BCUT2D eigenvalue weighted by atomic mass is 35.5. The summed E-state index contributed by atoms with van der Waals surface area (Å²) in [6.45, 7) is 0. The van der Waals surface area contributed by atoms with Crippen molar-refractivity contribution in [3.63, 3.8) is 0 Å². The molecule has 76 valence electrons. The zero-order valence-corrected chi connectivity index (χ0v) is 8.85. The summed E-state index contributed by atoms with van der Waals surface area (Å²) in [5.74, 6) is 0.408. The largest absolute Gasteiger partial charge is 0.379 e. The number of halogens is 1. The van der Waals surface area contributed by atoms with Crippen molar-refractivity contribution >= 4 is 27.1 Å². The third-order valence-electron chi connectivity index (χ3n) is 2.01. The topological polar surface area (TPSA) is 59.1 Å². The van der Waals surface area contributed by atoms with Crippen LogP contribution >= 0.6 is 11.6 Å². The van der Waals surface area contributed by atoms with E-state index in [1.54, 1.807) is 18.3 Å². The third-order valence-corrected chi connectivity index (χ3v) is 4.05. The van der Waals surface area contributed by atoms with Gasteiger partial charge in [0.05, 0.1) is 29.4 Å². The molecule has 14 heavy (non-hydrogen) atoms. The first-order chi connectivity index (χ1) is 6.55. The Bertz CT molecular complexity index is 417. The minimum Gasteiger partial charge on any atom is -0.379 e. The van der Waals surface area contributed by atoms with Crippen LogP contribution in [0.2, 0.25) is 5.15 Å². The Morgan fingerprint density at radius 2 is 2.14 bits per heavy atom. The second-order valence-electron chi connectivity index (χ2n) is 3.29. The zero-order chi connectivity index (χ0) is 10.2. The minimum atomic E-state index is -2.77. The second-order valence-corrected chi connectivity index (χ2v) is 5.83. The molecule has 0 spiro atoms. The smallest absolute Gasteiger partial charge is 0.154 e. The molecule has 0 radical (unpaired) electrons. The molecule has 0 unspecified atom stereocenters. The molecule has 1 fully saturated rings. The quantitative estimate of drug-likeness (QED) is 0.772. The predicted molar refractivity (Wildman–Crippen MR) is 55.3 cm³/mol. The van der Waals surface area contributed by atoms with Gasteiger partial charge in [-0.1, -0.05) is 11.6 Å². The molecule has 0 amide bonds. The lowest BCUT2D eigenvalue weighted by Crippen LogP contribution is -2.46. The number of nitrogens with zero attached hydrogens (tertiary/aromatic N) is 1. The summed E-state index contributed by atoms with van der Waals surface area (Å²) in [5.41, 5.74) is 0.800. The first-order valence-corrected chi connectivity index (χ1v) is 6.34. The molecule has 1 N–H and O–H groups in total. The predicted octanol–water partition coefficient (Wildman–Crippen LogP) is 0.944. The Hall–Kier alpha value is -0.810. The van der Waals surface area contributed by atoms with Crippen LogP contribution in [0.1, 0.15) is 0 Å². The number of anilines is 1. The van der Waals surface area contributed by atoms with Crippen LogP contribution in [0.5, 0.6) is 0 Å². The summed E-state index contributed by atoms with van der Waals surface area (Å²) in [4.78, 5) is 3.88. The lowest BCUT2D eigenvalue weighted by molar-refractivity contribution is 0.570. The van der Waals surface area contributed by atoms with Gasteiger partial charge in [0.2, 0.25) is 0 Å². The maximum atomic E-state index is 10.9. The first kappa shape index (κ1) is 9.73. The summed E-state index contributed by atoms with van der Waals surface area (Å²) in [6, 6.07) is 3.46. The van der Waals surface area contributed by atoms with E-state index in [1.165, 1.54) is 0 Å². The van der Waals surface area contributed by atoms with Gasteiger partial charge in [0.15, 0.2) is 9.84 Å². The van der Waals surface area contributed by atoms with Crippen molar-refractivity contribution in [1.82, 2.24) is 4.98 Å². The highest BCUT2D eigenvalue weighted by Gasteiger charge is 2.33. The lowest BCUT2D eigenvalue weighted by Gasteiger charge is -2.27. The molecule has 1 aliphatic heterocycles. The lowest BCUT2D eigenvalue weighted by atomic mass is 10.3. The van der Waals surface area contributed by atoms with Crippen LogP contribution in [0, 0.1) is 0 Å². The highest BCUT2D eigenvalue weighted by molar-refractivity contribution is 7.92. The summed E-state index contributed by atoms with van der Waals surface area (Å²) >= 11 is 5.61. The summed E-state index contributed by atoms with van der Waals surface area (Å²) in [7, 11) is -2.77. The van der Waals surface area contributed by atoms with Crippen molar-refractivity contribution in [3.8, 4) is 0 Å². The van der Waals surface area contributed by atoms with Crippen LogP contribution in [0.25, 0.3) is 0 Å². The number of rotatable bonds is 2. The molecule has 0 atom stereocenters. The Kier molecular flexibility index (Phi) is 2.36. The van der Waals surface area contributed by atoms with Gasteiger partial charge >= 0.3 is 0 Å². The van der Waals surface area contributed by atoms with Crippen molar-refractivity contribution in [2.24, 2.45) is 0 Å². The number of aromatic nitrogens is 1. The molecule has 1 aromatic heterocycles. The Balaban J connectivity index is 1.97. The number of hydrogen-bond acceptors (Lipinski definition) is 4. The zero-order valence-electron chi connectivity index (χ0n) is 7.27. The standard InChI is InChI=1S/C8H9ClN2O2S/c9-8-2-1-6(3-10-8)11-7-4-14(12,13)5-7/h1-3,7,11H,4-5H2. The maximum Gasteiger partial charge on any atom is 0.154 e. The molecular weight excluding hydrogens is 224 g/mol. The molecule has 2 heterocycles. The third kappa shape index (κ3) is 2.16. The van der Waals surface area contributed by atoms with E-state index in [1.807, 2.05) is 0 Å². The van der Waals surface area contributed by atoms with Crippen molar-refractivity contribution in [2.45, 2.75) is 6.04 Å². The van der Waals surface area contributed by atoms with Crippen molar-refractivity contribution in [1.29, 1.82) is 0 Å². The summed E-state index contributed by atoms with van der Waals surface area (Å²) in [5, 5.41) is 3.49. The van der Waals surface area contributed by atoms with E-state index in [2.05, 4.69) is 10.3 Å². The number of nitrogens with one attached hydrogen (secondary N) is 1. The highest BCUT2D eigenvalue weighted by Crippen LogP contribution is 2.17. The van der Waals surface area contributed by atoms with Gasteiger partial charge in [0.25, 0.3) is 0 Å². The van der Waals surface area contributed by atoms with Crippen molar-refractivity contribution in [3.05, 3.63) is 23.5 Å². The van der Waals surface area contributed by atoms with Gasteiger partial charge in [0, 0.05) is 0 Å². The number of pyridine rings is 1. The van der Waals surface area contributed by atoms with E-state index >= 15 is 0 Å². The molecule has 0 aliphatic carbocycles. The van der Waals surface area contributed by atoms with Gasteiger partial charge in [0.1, 0.15) is 5.15 Å². The fourth-order valence-electron chi connectivity index (χ4n) is 1.34. The molecule has 1 saturated heterocycles. The van der Waals surface area contributed by atoms with Crippen LogP contribution in [0.3, 0.4) is 0 Å². The molecule has 6 heteroatoms. The van der Waals surface area contributed by atoms with E-state index in [-0.39, 0.29) is 17.5 Å². The average molecular weight is 233 g/mol. The van der Waals surface area contributed by atoms with Crippen molar-refractivity contribution < 1.29 is 8.42 Å². The second kappa shape index (κ2) is 3.40. The fraction of sp³-hybridized carbons (Fsp3) is 0.375. The van der Waals surface area contributed by atoms with Gasteiger partial charge < -0.3 is 5.32 Å². The summed E-state index contributed by atoms with van der Waals surface area (Å²) < 4.78 is 21.7. The molecule has 1 aromatic rings. The van der Waals surface area contributed by atoms with Crippen LogP contribution in [0.15, 0.2) is 18.3 Å². The maximum absolute atomic E-state index is 10.9. The van der Waals surface area contributed by atoms with E-state index in [0.29, 0.717) is 5.15 Å². The van der Waals surface area contributed by atoms with Crippen molar-refractivity contribution in [2.75, 3.05) is 16.8 Å². The molecule has 0 saturated carbocycles. The Morgan fingerprint density at radius 3 is 2.64 bits per heavy atom. The first-order valence-electron chi connectivity index (χ1n) is 4.14. The van der Waals surface area contributed by atoms with E-state index in [4.69, 9.17) is 11.6 Å². The number of hydrogen-bond donors (Lipinski definition) is 1. The van der Waals surface area contributed by atoms with Gasteiger partial charge in [-0.15, -0.1) is 0 Å². The number of sulfone groups is 1.